The highest BCUT2D eigenvalue weighted by Gasteiger charge is 2.28. The van der Waals surface area contributed by atoms with Crippen LogP contribution in [0.1, 0.15) is 37.4 Å². The van der Waals surface area contributed by atoms with Crippen LogP contribution in [0.25, 0.3) is 0 Å². The summed E-state index contributed by atoms with van der Waals surface area (Å²) < 4.78 is 0. The lowest BCUT2D eigenvalue weighted by atomic mass is 10.1. The van der Waals surface area contributed by atoms with Crippen molar-refractivity contribution in [3.05, 3.63) is 124 Å². The third kappa shape index (κ3) is 5.18. The van der Waals surface area contributed by atoms with Gasteiger partial charge in [-0.05, 0) is 60.9 Å². The summed E-state index contributed by atoms with van der Waals surface area (Å²) in [7, 11) is 0. The average molecular weight is 513 g/mol. The largest absolute Gasteiger partial charge is 0.352 e. The Bertz CT molecular complexity index is 1440. The van der Waals surface area contributed by atoms with Crippen LogP contribution in [0.15, 0.2) is 101 Å². The fourth-order valence-electron chi connectivity index (χ4n) is 4.19. The van der Waals surface area contributed by atoms with Crippen molar-refractivity contribution in [1.82, 2.24) is 5.32 Å². The fourth-order valence-corrected chi connectivity index (χ4v) is 5.45. The Morgan fingerprint density at radius 2 is 1.67 bits per heavy atom. The van der Waals surface area contributed by atoms with Crippen molar-refractivity contribution in [3.63, 3.8) is 0 Å². The number of rotatable bonds is 6. The van der Waals surface area contributed by atoms with E-state index in [1.165, 1.54) is 22.9 Å². The fraction of sp³-hybridized carbons (Fsp3) is 0.133. The first-order chi connectivity index (χ1) is 17.5. The molecule has 1 aliphatic rings. The molecule has 4 nitrogen and oxygen atoms in total. The average Bonchev–Trinajstić information content (AvgIpc) is 3.00. The molecule has 0 unspecified atom stereocenters. The van der Waals surface area contributed by atoms with Gasteiger partial charge in [-0.3, -0.25) is 9.59 Å². The first-order valence-corrected chi connectivity index (χ1v) is 13.0. The van der Waals surface area contributed by atoms with Crippen molar-refractivity contribution < 1.29 is 9.59 Å². The van der Waals surface area contributed by atoms with Gasteiger partial charge in [0.15, 0.2) is 0 Å². The Labute approximate surface area is 220 Å². The van der Waals surface area contributed by atoms with Crippen LogP contribution in [0.2, 0.25) is 5.02 Å². The molecule has 0 saturated heterocycles. The number of carbonyl (C=O) groups excluding carboxylic acids is 2. The van der Waals surface area contributed by atoms with E-state index in [1.54, 1.807) is 4.90 Å². The van der Waals surface area contributed by atoms with Gasteiger partial charge in [0.2, 0.25) is 0 Å². The summed E-state index contributed by atoms with van der Waals surface area (Å²) in [4.78, 5) is 30.3. The number of benzene rings is 4. The summed E-state index contributed by atoms with van der Waals surface area (Å²) in [6.07, 6.45) is 0.749. The molecule has 0 fully saturated rings. The molecule has 0 bridgehead atoms. The number of hydrogen-bond acceptors (Lipinski definition) is 3. The number of aryl methyl sites for hydroxylation is 1. The van der Waals surface area contributed by atoms with Gasteiger partial charge < -0.3 is 10.2 Å². The SMILES string of the molecule is Cc1ccc(CCNC(=O)c2ccc3c(c2)N(Cc2ccccc2Cl)C(=O)c2ccccc2S3)cc1. The molecule has 0 radical (unpaired) electrons. The van der Waals surface area contributed by atoms with E-state index in [0.717, 1.165) is 21.8 Å². The molecule has 4 aromatic rings. The molecule has 1 heterocycles. The molecule has 2 amide bonds. The standard InChI is InChI=1S/C30H25ClN2O2S/c1-20-10-12-21(13-11-20)16-17-32-29(34)22-14-15-28-26(18-22)33(19-23-6-2-4-8-25(23)31)30(35)24-7-3-5-9-27(24)36-28/h2-15,18H,16-17,19H2,1H3,(H,32,34). The van der Waals surface area contributed by atoms with Crippen LogP contribution in [0, 0.1) is 6.92 Å². The third-order valence-electron chi connectivity index (χ3n) is 6.20. The number of hydrogen-bond donors (Lipinski definition) is 1. The van der Waals surface area contributed by atoms with E-state index in [1.807, 2.05) is 66.7 Å². The van der Waals surface area contributed by atoms with Crippen LogP contribution < -0.4 is 10.2 Å². The maximum Gasteiger partial charge on any atom is 0.259 e. The Kier molecular flexibility index (Phi) is 7.12. The monoisotopic (exact) mass is 512 g/mol. The van der Waals surface area contributed by atoms with Crippen molar-refractivity contribution in [1.29, 1.82) is 0 Å². The van der Waals surface area contributed by atoms with E-state index in [9.17, 15) is 9.59 Å². The van der Waals surface area contributed by atoms with Gasteiger partial charge in [0.1, 0.15) is 0 Å². The molecular weight excluding hydrogens is 488 g/mol. The second kappa shape index (κ2) is 10.6. The highest BCUT2D eigenvalue weighted by atomic mass is 35.5. The minimum atomic E-state index is -0.165. The Balaban J connectivity index is 1.43. The van der Waals surface area contributed by atoms with Crippen molar-refractivity contribution in [3.8, 4) is 0 Å². The minimum Gasteiger partial charge on any atom is -0.352 e. The van der Waals surface area contributed by atoms with Gasteiger partial charge in [-0.25, -0.2) is 0 Å². The predicted molar refractivity (Wildman–Crippen MR) is 146 cm³/mol. The van der Waals surface area contributed by atoms with Gasteiger partial charge in [0, 0.05) is 26.9 Å². The van der Waals surface area contributed by atoms with Crippen LogP contribution in [0.4, 0.5) is 5.69 Å². The zero-order valence-corrected chi connectivity index (χ0v) is 21.4. The maximum absolute atomic E-state index is 13.7. The van der Waals surface area contributed by atoms with Crippen molar-refractivity contribution in [2.24, 2.45) is 0 Å². The first-order valence-electron chi connectivity index (χ1n) is 11.8. The van der Waals surface area contributed by atoms with E-state index in [0.29, 0.717) is 34.9 Å². The highest BCUT2D eigenvalue weighted by molar-refractivity contribution is 7.99. The lowest BCUT2D eigenvalue weighted by molar-refractivity contribution is 0.0950. The first kappa shape index (κ1) is 24.2. The molecule has 1 N–H and O–H groups in total. The number of carbonyl (C=O) groups is 2. The van der Waals surface area contributed by atoms with Crippen LogP contribution in [0.5, 0.6) is 0 Å². The van der Waals surface area contributed by atoms with Crippen molar-refractivity contribution >= 4 is 40.9 Å². The van der Waals surface area contributed by atoms with Crippen LogP contribution in [0.3, 0.4) is 0 Å². The molecule has 0 saturated carbocycles. The number of nitrogens with zero attached hydrogens (tertiary/aromatic N) is 1. The second-order valence-corrected chi connectivity index (χ2v) is 10.2. The molecule has 0 aromatic heterocycles. The number of nitrogens with one attached hydrogen (secondary N) is 1. The van der Waals surface area contributed by atoms with Gasteiger partial charge in [-0.1, -0.05) is 83.5 Å². The van der Waals surface area contributed by atoms with E-state index in [2.05, 4.69) is 36.5 Å². The highest BCUT2D eigenvalue weighted by Crippen LogP contribution is 2.42. The number of amides is 2. The third-order valence-corrected chi connectivity index (χ3v) is 7.71. The van der Waals surface area contributed by atoms with Crippen LogP contribution in [-0.2, 0) is 13.0 Å². The van der Waals surface area contributed by atoms with E-state index in [4.69, 9.17) is 11.6 Å². The smallest absolute Gasteiger partial charge is 0.259 e. The lowest BCUT2D eigenvalue weighted by Gasteiger charge is -2.24. The summed E-state index contributed by atoms with van der Waals surface area (Å²) in [5.41, 5.74) is 5.08. The van der Waals surface area contributed by atoms with Crippen LogP contribution >= 0.6 is 23.4 Å². The van der Waals surface area contributed by atoms with Gasteiger partial charge in [0.05, 0.1) is 17.8 Å². The molecule has 0 spiro atoms. The lowest BCUT2D eigenvalue weighted by Crippen LogP contribution is -2.31. The Morgan fingerprint density at radius 3 is 2.47 bits per heavy atom. The summed E-state index contributed by atoms with van der Waals surface area (Å²) >= 11 is 7.99. The van der Waals surface area contributed by atoms with E-state index >= 15 is 0 Å². The normalized spacial score (nSPS) is 12.5. The molecule has 6 heteroatoms. The van der Waals surface area contributed by atoms with E-state index in [-0.39, 0.29) is 11.8 Å². The summed E-state index contributed by atoms with van der Waals surface area (Å²) in [6.45, 7) is 2.89. The van der Waals surface area contributed by atoms with Gasteiger partial charge >= 0.3 is 0 Å². The zero-order valence-electron chi connectivity index (χ0n) is 19.8. The molecule has 5 rings (SSSR count). The van der Waals surface area contributed by atoms with Crippen molar-refractivity contribution in [2.45, 2.75) is 29.7 Å². The Hall–Kier alpha value is -3.54. The summed E-state index contributed by atoms with van der Waals surface area (Å²) in [6, 6.07) is 29.0. The Morgan fingerprint density at radius 1 is 0.917 bits per heavy atom. The maximum atomic E-state index is 13.7. The quantitative estimate of drug-likeness (QED) is 0.304. The topological polar surface area (TPSA) is 49.4 Å². The predicted octanol–water partition coefficient (Wildman–Crippen LogP) is 6.93. The molecular formula is C30H25ClN2O2S. The minimum absolute atomic E-state index is 0.117. The van der Waals surface area contributed by atoms with E-state index < -0.39 is 0 Å². The number of halogens is 1. The van der Waals surface area contributed by atoms with Crippen LogP contribution in [-0.4, -0.2) is 18.4 Å². The summed E-state index contributed by atoms with van der Waals surface area (Å²) in [5, 5.41) is 3.62. The molecule has 4 aromatic carbocycles. The van der Waals surface area contributed by atoms with Gasteiger partial charge in [0.25, 0.3) is 11.8 Å². The number of fused-ring (bicyclic) bond motifs is 2. The number of anilines is 1. The second-order valence-electron chi connectivity index (χ2n) is 8.75. The summed E-state index contributed by atoms with van der Waals surface area (Å²) in [5.74, 6) is -0.282. The molecule has 36 heavy (non-hydrogen) atoms. The molecule has 0 atom stereocenters. The molecule has 180 valence electrons. The van der Waals surface area contributed by atoms with Crippen molar-refractivity contribution in [2.75, 3.05) is 11.4 Å². The van der Waals surface area contributed by atoms with Gasteiger partial charge in [-0.2, -0.15) is 0 Å². The van der Waals surface area contributed by atoms with Gasteiger partial charge in [-0.15, -0.1) is 0 Å². The molecule has 1 aliphatic heterocycles. The molecule has 0 aliphatic carbocycles. The zero-order chi connectivity index (χ0) is 25.1.